The average molecular weight is 483 g/mol. The maximum Gasteiger partial charge on any atom is 0.573 e. The minimum Gasteiger partial charge on any atom is -0.405 e. The second kappa shape index (κ2) is 8.85. The minimum absolute atomic E-state index is 0.0523. The van der Waals surface area contributed by atoms with Gasteiger partial charge in [0.2, 0.25) is 0 Å². The Labute approximate surface area is 197 Å². The van der Waals surface area contributed by atoms with Gasteiger partial charge in [0.15, 0.2) is 5.82 Å². The number of ether oxygens (including phenoxy) is 1. The third kappa shape index (κ3) is 4.46. The molecule has 12 heteroatoms. The Balaban J connectivity index is 1.46. The van der Waals surface area contributed by atoms with Gasteiger partial charge in [-0.2, -0.15) is 20.1 Å². The van der Waals surface area contributed by atoms with Gasteiger partial charge in [0.1, 0.15) is 11.6 Å². The molecule has 1 aliphatic heterocycles. The maximum absolute atomic E-state index is 13.7. The van der Waals surface area contributed by atoms with Crippen molar-refractivity contribution in [1.82, 2.24) is 35.1 Å². The van der Waals surface area contributed by atoms with Crippen molar-refractivity contribution in [2.75, 3.05) is 6.54 Å². The molecule has 9 nitrogen and oxygen atoms in total. The molecule has 35 heavy (non-hydrogen) atoms. The number of benzene rings is 2. The fourth-order valence-corrected chi connectivity index (χ4v) is 4.28. The van der Waals surface area contributed by atoms with E-state index in [2.05, 4.69) is 30.1 Å². The first-order valence-electron chi connectivity index (χ1n) is 10.9. The van der Waals surface area contributed by atoms with Crippen LogP contribution in [0.2, 0.25) is 0 Å². The molecule has 1 fully saturated rings. The van der Waals surface area contributed by atoms with Crippen LogP contribution in [0.4, 0.5) is 13.2 Å². The Bertz CT molecular complexity index is 1350. The quantitative estimate of drug-likeness (QED) is 0.456. The van der Waals surface area contributed by atoms with E-state index in [1.165, 1.54) is 35.4 Å². The van der Waals surface area contributed by atoms with E-state index in [9.17, 15) is 18.0 Å². The largest absolute Gasteiger partial charge is 0.573 e. The average Bonchev–Trinajstić information content (AvgIpc) is 3.59. The highest BCUT2D eigenvalue weighted by molar-refractivity contribution is 5.99. The molecule has 1 atom stereocenters. The van der Waals surface area contributed by atoms with Gasteiger partial charge < -0.3 is 9.64 Å². The Morgan fingerprint density at radius 1 is 1.11 bits per heavy atom. The molecule has 2 aromatic carbocycles. The summed E-state index contributed by atoms with van der Waals surface area (Å²) in [5.74, 6) is -0.172. The second-order valence-electron chi connectivity index (χ2n) is 8.03. The number of amides is 1. The van der Waals surface area contributed by atoms with Gasteiger partial charge in [0, 0.05) is 6.54 Å². The number of carbonyl (C=O) groups is 1. The normalized spacial score (nSPS) is 16.0. The van der Waals surface area contributed by atoms with Crippen molar-refractivity contribution in [3.63, 3.8) is 0 Å². The topological polar surface area (TPSA) is 102 Å². The second-order valence-corrected chi connectivity index (χ2v) is 8.03. The van der Waals surface area contributed by atoms with E-state index >= 15 is 0 Å². The molecule has 0 aliphatic carbocycles. The molecule has 180 valence electrons. The first kappa shape index (κ1) is 22.6. The number of nitrogens with one attached hydrogen (secondary N) is 1. The van der Waals surface area contributed by atoms with Crippen molar-refractivity contribution >= 4 is 5.91 Å². The lowest BCUT2D eigenvalue weighted by Crippen LogP contribution is -2.32. The van der Waals surface area contributed by atoms with Gasteiger partial charge >= 0.3 is 6.36 Å². The van der Waals surface area contributed by atoms with Crippen molar-refractivity contribution in [2.24, 2.45) is 0 Å². The zero-order chi connectivity index (χ0) is 24.6. The summed E-state index contributed by atoms with van der Waals surface area (Å²) in [4.78, 5) is 21.2. The monoisotopic (exact) mass is 483 g/mol. The molecular formula is C23H20F3N7O2. The van der Waals surface area contributed by atoms with Crippen LogP contribution in [0.15, 0.2) is 54.9 Å². The number of hydrogen-bond acceptors (Lipinski definition) is 6. The van der Waals surface area contributed by atoms with Crippen LogP contribution < -0.4 is 4.74 Å². The molecule has 3 heterocycles. The molecule has 0 saturated carbocycles. The van der Waals surface area contributed by atoms with Gasteiger partial charge in [-0.15, -0.1) is 13.2 Å². The molecule has 1 amide bonds. The van der Waals surface area contributed by atoms with E-state index in [-0.39, 0.29) is 17.3 Å². The lowest BCUT2D eigenvalue weighted by Gasteiger charge is -2.24. The minimum atomic E-state index is -4.85. The molecular weight excluding hydrogens is 463 g/mol. The van der Waals surface area contributed by atoms with Crippen LogP contribution in [0.1, 0.15) is 40.6 Å². The number of aromatic amines is 1. The highest BCUT2D eigenvalue weighted by Crippen LogP contribution is 2.36. The number of halogens is 3. The zero-order valence-corrected chi connectivity index (χ0v) is 18.5. The zero-order valence-electron chi connectivity index (χ0n) is 18.5. The molecule has 0 bridgehead atoms. The molecule has 1 N–H and O–H groups in total. The molecule has 2 aromatic heterocycles. The number of nitrogens with zero attached hydrogens (tertiary/aromatic N) is 6. The number of alkyl halides is 3. The van der Waals surface area contributed by atoms with Crippen molar-refractivity contribution in [2.45, 2.75) is 32.2 Å². The fourth-order valence-electron chi connectivity index (χ4n) is 4.28. The van der Waals surface area contributed by atoms with Crippen LogP contribution in [-0.4, -0.2) is 53.9 Å². The Kier molecular flexibility index (Phi) is 5.71. The van der Waals surface area contributed by atoms with E-state index < -0.39 is 18.2 Å². The lowest BCUT2D eigenvalue weighted by atomic mass is 10.0. The van der Waals surface area contributed by atoms with Crippen LogP contribution in [0.25, 0.3) is 17.1 Å². The molecule has 0 unspecified atom stereocenters. The van der Waals surface area contributed by atoms with Crippen LogP contribution in [0.3, 0.4) is 0 Å². The molecule has 5 rings (SSSR count). The van der Waals surface area contributed by atoms with Crippen molar-refractivity contribution < 1.29 is 22.7 Å². The number of H-pyrrole nitrogens is 1. The third-order valence-electron chi connectivity index (χ3n) is 5.78. The van der Waals surface area contributed by atoms with Crippen LogP contribution in [0, 0.1) is 6.92 Å². The summed E-state index contributed by atoms with van der Waals surface area (Å²) < 4.78 is 42.6. The van der Waals surface area contributed by atoms with Crippen LogP contribution in [0.5, 0.6) is 5.75 Å². The highest BCUT2D eigenvalue weighted by atomic mass is 19.4. The first-order valence-corrected chi connectivity index (χ1v) is 10.9. The van der Waals surface area contributed by atoms with E-state index in [4.69, 9.17) is 0 Å². The van der Waals surface area contributed by atoms with Crippen molar-refractivity contribution in [1.29, 1.82) is 0 Å². The summed E-state index contributed by atoms with van der Waals surface area (Å²) in [6.45, 7) is 2.34. The summed E-state index contributed by atoms with van der Waals surface area (Å²) in [5.41, 5.74) is 1.89. The van der Waals surface area contributed by atoms with E-state index in [1.54, 1.807) is 17.0 Å². The summed E-state index contributed by atoms with van der Waals surface area (Å²) in [5, 5.41) is 15.2. The van der Waals surface area contributed by atoms with Gasteiger partial charge in [-0.1, -0.05) is 24.3 Å². The number of hydrogen-bond donors (Lipinski definition) is 1. The highest BCUT2D eigenvalue weighted by Gasteiger charge is 2.36. The van der Waals surface area contributed by atoms with E-state index in [0.29, 0.717) is 30.0 Å². The number of aryl methyl sites for hydroxylation is 1. The third-order valence-corrected chi connectivity index (χ3v) is 5.78. The number of para-hydroxylation sites is 1. The standard InChI is InChI=1S/C23H20F3N7O2/c1-14-6-4-8-16(33-27-11-12-28-33)19(14)22(34)32-13-5-9-17(32)21-29-20(30-31-21)15-7-2-3-10-18(15)35-23(24,25)26/h2-4,6-8,10-12,17H,5,9,13H2,1H3,(H,29,30,31)/t17-/m0/s1. The van der Waals surface area contributed by atoms with Crippen molar-refractivity contribution in [3.8, 4) is 22.8 Å². The summed E-state index contributed by atoms with van der Waals surface area (Å²) in [6, 6.07) is 10.7. The van der Waals surface area contributed by atoms with E-state index in [0.717, 1.165) is 12.0 Å². The van der Waals surface area contributed by atoms with Crippen LogP contribution >= 0.6 is 0 Å². The predicted octanol–water partition coefficient (Wildman–Crippen LogP) is 4.24. The molecule has 4 aromatic rings. The summed E-state index contributed by atoms with van der Waals surface area (Å²) in [7, 11) is 0. The molecule has 0 radical (unpaired) electrons. The number of carbonyl (C=O) groups excluding carboxylic acids is 1. The smallest absolute Gasteiger partial charge is 0.405 e. The number of rotatable bonds is 5. The molecule has 1 saturated heterocycles. The van der Waals surface area contributed by atoms with Gasteiger partial charge in [-0.3, -0.25) is 9.89 Å². The van der Waals surface area contributed by atoms with Gasteiger partial charge in [-0.05, 0) is 43.5 Å². The number of aromatic nitrogens is 6. The predicted molar refractivity (Wildman–Crippen MR) is 118 cm³/mol. The summed E-state index contributed by atoms with van der Waals surface area (Å²) >= 11 is 0. The molecule has 0 spiro atoms. The van der Waals surface area contributed by atoms with Gasteiger partial charge in [0.05, 0.1) is 35.2 Å². The Morgan fingerprint density at radius 2 is 1.89 bits per heavy atom. The van der Waals surface area contributed by atoms with Crippen LogP contribution in [-0.2, 0) is 0 Å². The Hall–Kier alpha value is -4.22. The number of likely N-dealkylation sites (tertiary alicyclic amines) is 1. The molecule has 1 aliphatic rings. The van der Waals surface area contributed by atoms with E-state index in [1.807, 2.05) is 19.1 Å². The maximum atomic E-state index is 13.7. The Morgan fingerprint density at radius 3 is 2.66 bits per heavy atom. The lowest BCUT2D eigenvalue weighted by molar-refractivity contribution is -0.274. The summed E-state index contributed by atoms with van der Waals surface area (Å²) in [6.07, 6.45) is -0.417. The first-order chi connectivity index (χ1) is 16.8. The fraction of sp³-hybridized carbons (Fsp3) is 0.261. The van der Waals surface area contributed by atoms with Crippen molar-refractivity contribution in [3.05, 3.63) is 71.8 Å². The SMILES string of the molecule is Cc1cccc(-n2nccn2)c1C(=O)N1CCC[C@H]1c1nc(-c2ccccc2OC(F)(F)F)n[nH]1. The van der Waals surface area contributed by atoms with Gasteiger partial charge in [0.25, 0.3) is 5.91 Å². The van der Waals surface area contributed by atoms with Gasteiger partial charge in [-0.25, -0.2) is 4.98 Å².